The second kappa shape index (κ2) is 10.1. The lowest BCUT2D eigenvalue weighted by Gasteiger charge is -2.20. The predicted octanol–water partition coefficient (Wildman–Crippen LogP) is 3.23. The molecule has 0 aliphatic carbocycles. The summed E-state index contributed by atoms with van der Waals surface area (Å²) in [6.07, 6.45) is -1.03. The number of nitriles is 1. The molecule has 0 radical (unpaired) electrons. The summed E-state index contributed by atoms with van der Waals surface area (Å²) in [4.78, 5) is 24.6. The molecular weight excluding hydrogens is 478 g/mol. The van der Waals surface area contributed by atoms with Gasteiger partial charge in [-0.2, -0.15) is 9.57 Å². The number of amides is 1. The summed E-state index contributed by atoms with van der Waals surface area (Å²) >= 11 is 0.943. The molecule has 0 bridgehead atoms. The fourth-order valence-corrected chi connectivity index (χ4v) is 5.84. The van der Waals surface area contributed by atoms with Crippen LogP contribution in [0.5, 0.6) is 0 Å². The molecule has 3 aromatic rings. The Bertz CT molecular complexity index is 1380. The minimum Gasteiger partial charge on any atom is -0.478 e. The van der Waals surface area contributed by atoms with E-state index in [9.17, 15) is 28.2 Å². The number of nitrogens with one attached hydrogen (secondary N) is 1. The molecule has 34 heavy (non-hydrogen) atoms. The number of carboxylic acids is 1. The standard InChI is InChI=1S/C23H21N3O6S2/c1-14-21(34(31,32)26(2)13-19(27)16-6-4-3-5-7-16)11-20(33-14)22(28)25-18-9-8-15(12-24)10-17(18)23(29)30/h3-11,19,27H,13H2,1-2H3,(H,25,28)(H,29,30). The molecule has 1 unspecified atom stereocenters. The summed E-state index contributed by atoms with van der Waals surface area (Å²) < 4.78 is 27.2. The number of aryl methyl sites for hydroxylation is 1. The van der Waals surface area contributed by atoms with Gasteiger partial charge in [0, 0.05) is 18.5 Å². The summed E-state index contributed by atoms with van der Waals surface area (Å²) in [5.74, 6) is -2.01. The molecule has 0 spiro atoms. The molecule has 1 aromatic heterocycles. The fraction of sp³-hybridized carbons (Fsp3) is 0.174. The number of aliphatic hydroxyl groups is 1. The van der Waals surface area contributed by atoms with Crippen LogP contribution in [0.1, 0.15) is 42.1 Å². The lowest BCUT2D eigenvalue weighted by atomic mass is 10.1. The van der Waals surface area contributed by atoms with E-state index < -0.39 is 28.0 Å². The van der Waals surface area contributed by atoms with E-state index in [1.165, 1.54) is 25.2 Å². The van der Waals surface area contributed by atoms with Gasteiger partial charge in [0.15, 0.2) is 0 Å². The first-order chi connectivity index (χ1) is 16.0. The van der Waals surface area contributed by atoms with E-state index in [-0.39, 0.29) is 33.1 Å². The van der Waals surface area contributed by atoms with E-state index in [0.29, 0.717) is 10.4 Å². The zero-order chi connectivity index (χ0) is 25.0. The summed E-state index contributed by atoms with van der Waals surface area (Å²) in [6, 6.07) is 15.5. The van der Waals surface area contributed by atoms with Crippen molar-refractivity contribution in [3.63, 3.8) is 0 Å². The maximum Gasteiger partial charge on any atom is 0.337 e. The number of hydrogen-bond acceptors (Lipinski definition) is 7. The van der Waals surface area contributed by atoms with Crippen LogP contribution in [0.25, 0.3) is 0 Å². The second-order valence-corrected chi connectivity index (χ2v) is 10.6. The number of nitrogens with zero attached hydrogens (tertiary/aromatic N) is 2. The Morgan fingerprint density at radius 3 is 2.47 bits per heavy atom. The summed E-state index contributed by atoms with van der Waals surface area (Å²) in [5.41, 5.74) is 0.415. The van der Waals surface area contributed by atoms with Crippen molar-refractivity contribution in [2.45, 2.75) is 17.9 Å². The monoisotopic (exact) mass is 499 g/mol. The molecule has 0 aliphatic rings. The Morgan fingerprint density at radius 2 is 1.85 bits per heavy atom. The smallest absolute Gasteiger partial charge is 0.337 e. The van der Waals surface area contributed by atoms with E-state index in [1.807, 2.05) is 6.07 Å². The van der Waals surface area contributed by atoms with Gasteiger partial charge in [0.25, 0.3) is 5.91 Å². The molecule has 1 heterocycles. The lowest BCUT2D eigenvalue weighted by Crippen LogP contribution is -2.31. The third-order valence-corrected chi connectivity index (χ3v) is 8.15. The van der Waals surface area contributed by atoms with Gasteiger partial charge in [-0.3, -0.25) is 4.79 Å². The minimum atomic E-state index is -4.02. The zero-order valence-electron chi connectivity index (χ0n) is 18.2. The van der Waals surface area contributed by atoms with Gasteiger partial charge in [-0.1, -0.05) is 30.3 Å². The molecule has 0 saturated carbocycles. The molecule has 0 fully saturated rings. The quantitative estimate of drug-likeness (QED) is 0.431. The fourth-order valence-electron chi connectivity index (χ4n) is 3.21. The molecular formula is C23H21N3O6S2. The Labute approximate surface area is 200 Å². The number of sulfonamides is 1. The van der Waals surface area contributed by atoms with Crippen LogP contribution in [0.4, 0.5) is 5.69 Å². The third kappa shape index (κ3) is 5.32. The van der Waals surface area contributed by atoms with Gasteiger partial charge < -0.3 is 15.5 Å². The van der Waals surface area contributed by atoms with E-state index in [2.05, 4.69) is 5.32 Å². The SMILES string of the molecule is Cc1sc(C(=O)Nc2ccc(C#N)cc2C(=O)O)cc1S(=O)(=O)N(C)CC(O)c1ccccc1. The van der Waals surface area contributed by atoms with Gasteiger partial charge >= 0.3 is 5.97 Å². The Balaban J connectivity index is 1.82. The number of likely N-dealkylation sites (N-methyl/N-ethyl adjacent to an activating group) is 1. The summed E-state index contributed by atoms with van der Waals surface area (Å²) in [7, 11) is -2.67. The third-order valence-electron chi connectivity index (χ3n) is 5.03. The maximum absolute atomic E-state index is 13.1. The number of thiophene rings is 1. The molecule has 9 nitrogen and oxygen atoms in total. The summed E-state index contributed by atoms with van der Waals surface area (Å²) in [6.45, 7) is 1.37. The molecule has 1 amide bonds. The predicted molar refractivity (Wildman–Crippen MR) is 126 cm³/mol. The van der Waals surface area contributed by atoms with Crippen LogP contribution < -0.4 is 5.32 Å². The van der Waals surface area contributed by atoms with Crippen molar-refractivity contribution in [3.8, 4) is 6.07 Å². The maximum atomic E-state index is 13.1. The molecule has 11 heteroatoms. The number of rotatable bonds is 8. The van der Waals surface area contributed by atoms with Crippen molar-refractivity contribution in [2.75, 3.05) is 18.9 Å². The topological polar surface area (TPSA) is 148 Å². The number of aliphatic hydroxyl groups excluding tert-OH is 1. The van der Waals surface area contributed by atoms with Crippen molar-refractivity contribution in [2.24, 2.45) is 0 Å². The summed E-state index contributed by atoms with van der Waals surface area (Å²) in [5, 5.41) is 31.2. The largest absolute Gasteiger partial charge is 0.478 e. The highest BCUT2D eigenvalue weighted by atomic mass is 32.2. The van der Waals surface area contributed by atoms with Crippen LogP contribution in [0.15, 0.2) is 59.5 Å². The minimum absolute atomic E-state index is 0.0185. The molecule has 0 saturated heterocycles. The number of carboxylic acid groups (broad SMARTS) is 1. The van der Waals surface area contributed by atoms with Crippen molar-refractivity contribution < 1.29 is 28.2 Å². The highest BCUT2D eigenvalue weighted by Crippen LogP contribution is 2.30. The lowest BCUT2D eigenvalue weighted by molar-refractivity contribution is 0.0698. The van der Waals surface area contributed by atoms with Crippen LogP contribution in [0.2, 0.25) is 0 Å². The molecule has 2 aromatic carbocycles. The number of carbonyl (C=O) groups is 2. The van der Waals surface area contributed by atoms with Crippen molar-refractivity contribution in [1.82, 2.24) is 4.31 Å². The Kier molecular flexibility index (Phi) is 7.48. The van der Waals surface area contributed by atoms with E-state index in [4.69, 9.17) is 5.26 Å². The number of anilines is 1. The molecule has 0 aliphatic heterocycles. The number of carbonyl (C=O) groups excluding carboxylic acids is 1. The first-order valence-electron chi connectivity index (χ1n) is 9.93. The first-order valence-corrected chi connectivity index (χ1v) is 12.2. The van der Waals surface area contributed by atoms with Gasteiger partial charge in [0.1, 0.15) is 0 Å². The van der Waals surface area contributed by atoms with Crippen molar-refractivity contribution >= 4 is 38.9 Å². The van der Waals surface area contributed by atoms with Crippen LogP contribution in [-0.2, 0) is 10.0 Å². The van der Waals surface area contributed by atoms with Crippen LogP contribution in [0.3, 0.4) is 0 Å². The van der Waals surface area contributed by atoms with Crippen LogP contribution >= 0.6 is 11.3 Å². The van der Waals surface area contributed by atoms with Crippen LogP contribution in [-0.4, -0.2) is 48.4 Å². The van der Waals surface area contributed by atoms with Gasteiger partial charge in [-0.05, 0) is 36.8 Å². The average molecular weight is 500 g/mol. The van der Waals surface area contributed by atoms with Gasteiger partial charge in [0.2, 0.25) is 10.0 Å². The van der Waals surface area contributed by atoms with Gasteiger partial charge in [-0.25, -0.2) is 13.2 Å². The zero-order valence-corrected chi connectivity index (χ0v) is 19.9. The molecule has 3 N–H and O–H groups in total. The molecule has 176 valence electrons. The number of hydrogen-bond donors (Lipinski definition) is 3. The first kappa shape index (κ1) is 25.1. The highest BCUT2D eigenvalue weighted by Gasteiger charge is 2.28. The van der Waals surface area contributed by atoms with Crippen LogP contribution in [0, 0.1) is 18.3 Å². The Morgan fingerprint density at radius 1 is 1.18 bits per heavy atom. The highest BCUT2D eigenvalue weighted by molar-refractivity contribution is 7.89. The van der Waals surface area contributed by atoms with Crippen molar-refractivity contribution in [3.05, 3.63) is 81.0 Å². The average Bonchev–Trinajstić information content (AvgIpc) is 3.22. The van der Waals surface area contributed by atoms with Gasteiger partial charge in [-0.15, -0.1) is 11.3 Å². The number of aromatic carboxylic acids is 1. The van der Waals surface area contributed by atoms with E-state index in [0.717, 1.165) is 21.7 Å². The molecule has 3 rings (SSSR count). The normalized spacial score (nSPS) is 12.2. The number of benzene rings is 2. The van der Waals surface area contributed by atoms with Gasteiger partial charge in [0.05, 0.1) is 38.8 Å². The van der Waals surface area contributed by atoms with E-state index in [1.54, 1.807) is 37.3 Å². The second-order valence-electron chi connectivity index (χ2n) is 7.37. The molecule has 1 atom stereocenters. The van der Waals surface area contributed by atoms with Crippen molar-refractivity contribution in [1.29, 1.82) is 5.26 Å². The van der Waals surface area contributed by atoms with E-state index >= 15 is 0 Å². The Hall–Kier alpha value is -3.56.